The third-order valence-corrected chi connectivity index (χ3v) is 5.44. The molecule has 0 radical (unpaired) electrons. The second kappa shape index (κ2) is 7.71. The number of nitrogens with zero attached hydrogens (tertiary/aromatic N) is 2. The Labute approximate surface area is 171 Å². The van der Waals surface area contributed by atoms with Crippen LogP contribution in [0.15, 0.2) is 54.7 Å². The molecule has 0 bridgehead atoms. The predicted molar refractivity (Wildman–Crippen MR) is 111 cm³/mol. The Balaban J connectivity index is 2.02. The summed E-state index contributed by atoms with van der Waals surface area (Å²) in [6.45, 7) is 7.88. The molecule has 2 atom stereocenters. The first-order chi connectivity index (χ1) is 13.5. The molecule has 1 aromatic heterocycles. The minimum atomic E-state index is -1.48. The minimum absolute atomic E-state index is 0.122. The van der Waals surface area contributed by atoms with E-state index in [1.807, 2.05) is 65.1 Å². The average molecular weight is 398 g/mol. The Morgan fingerprint density at radius 1 is 1.03 bits per heavy atom. The monoisotopic (exact) mass is 398 g/mol. The lowest BCUT2D eigenvalue weighted by atomic mass is 9.69. The van der Waals surface area contributed by atoms with Gasteiger partial charge in [-0.2, -0.15) is 5.10 Å². The van der Waals surface area contributed by atoms with Gasteiger partial charge in [0.15, 0.2) is 0 Å². The van der Waals surface area contributed by atoms with Gasteiger partial charge in [-0.15, -0.1) is 0 Å². The number of hydrogen-bond donors (Lipinski definition) is 1. The molecule has 154 valence electrons. The Bertz CT molecular complexity index is 989. The number of benzene rings is 2. The predicted octanol–water partition coefficient (Wildman–Crippen LogP) is 5.79. The molecule has 3 aromatic rings. The van der Waals surface area contributed by atoms with Crippen LogP contribution in [0, 0.1) is 17.0 Å². The van der Waals surface area contributed by atoms with Gasteiger partial charge in [0.05, 0.1) is 11.3 Å². The van der Waals surface area contributed by atoms with Crippen LogP contribution in [0.4, 0.5) is 8.78 Å². The van der Waals surface area contributed by atoms with Crippen molar-refractivity contribution in [2.24, 2.45) is 12.5 Å². The van der Waals surface area contributed by atoms with Crippen molar-refractivity contribution in [3.8, 4) is 11.3 Å². The zero-order valence-corrected chi connectivity index (χ0v) is 17.6. The van der Waals surface area contributed by atoms with Gasteiger partial charge in [0.1, 0.15) is 11.6 Å². The summed E-state index contributed by atoms with van der Waals surface area (Å²) in [5.41, 5.74) is 1.25. The molecular formula is C24H28F2N2O. The number of hydrogen-bond acceptors (Lipinski definition) is 2. The van der Waals surface area contributed by atoms with Gasteiger partial charge >= 0.3 is 0 Å². The molecule has 0 saturated heterocycles. The molecule has 3 nitrogen and oxygen atoms in total. The Kier molecular flexibility index (Phi) is 5.63. The average Bonchev–Trinajstić information content (AvgIpc) is 3.05. The van der Waals surface area contributed by atoms with Crippen LogP contribution in [0.3, 0.4) is 0 Å². The van der Waals surface area contributed by atoms with E-state index in [-0.39, 0.29) is 11.0 Å². The zero-order valence-electron chi connectivity index (χ0n) is 17.6. The van der Waals surface area contributed by atoms with E-state index in [1.165, 1.54) is 12.1 Å². The summed E-state index contributed by atoms with van der Waals surface area (Å²) in [6, 6.07) is 13.2. The van der Waals surface area contributed by atoms with Crippen molar-refractivity contribution in [3.05, 3.63) is 77.5 Å². The summed E-state index contributed by atoms with van der Waals surface area (Å²) < 4.78 is 30.0. The highest BCUT2D eigenvalue weighted by Gasteiger charge is 2.41. The van der Waals surface area contributed by atoms with E-state index in [2.05, 4.69) is 5.10 Å². The number of halogens is 2. The van der Waals surface area contributed by atoms with Gasteiger partial charge in [-0.05, 0) is 35.1 Å². The van der Waals surface area contributed by atoms with Crippen molar-refractivity contribution in [2.45, 2.75) is 45.6 Å². The summed E-state index contributed by atoms with van der Waals surface area (Å²) >= 11 is 0. The van der Waals surface area contributed by atoms with Crippen LogP contribution >= 0.6 is 0 Å². The third kappa shape index (κ3) is 4.40. The fourth-order valence-corrected chi connectivity index (χ4v) is 4.01. The highest BCUT2D eigenvalue weighted by atomic mass is 19.1. The molecule has 5 heteroatoms. The molecule has 0 saturated carbocycles. The van der Waals surface area contributed by atoms with Gasteiger partial charge in [-0.25, -0.2) is 8.78 Å². The first-order valence-corrected chi connectivity index (χ1v) is 9.77. The van der Waals surface area contributed by atoms with Gasteiger partial charge in [0.25, 0.3) is 0 Å². The summed E-state index contributed by atoms with van der Waals surface area (Å²) in [5.74, 6) is -1.78. The minimum Gasteiger partial charge on any atom is -0.384 e. The lowest BCUT2D eigenvalue weighted by Gasteiger charge is -2.40. The van der Waals surface area contributed by atoms with Crippen molar-refractivity contribution < 1.29 is 13.9 Å². The third-order valence-electron chi connectivity index (χ3n) is 5.44. The second-order valence-corrected chi connectivity index (χ2v) is 8.97. The van der Waals surface area contributed by atoms with E-state index in [1.54, 1.807) is 10.9 Å². The van der Waals surface area contributed by atoms with Crippen LogP contribution in [0.25, 0.3) is 11.3 Å². The van der Waals surface area contributed by atoms with Crippen LogP contribution < -0.4 is 0 Å². The number of aliphatic hydroxyl groups is 1. The van der Waals surface area contributed by atoms with Gasteiger partial charge in [0.2, 0.25) is 0 Å². The maximum absolute atomic E-state index is 14.7. The fraction of sp³-hybridized carbons (Fsp3) is 0.375. The largest absolute Gasteiger partial charge is 0.384 e. The maximum atomic E-state index is 14.7. The van der Waals surface area contributed by atoms with Gasteiger partial charge < -0.3 is 5.11 Å². The molecule has 0 fully saturated rings. The van der Waals surface area contributed by atoms with E-state index in [0.29, 0.717) is 6.42 Å². The summed E-state index contributed by atoms with van der Waals surface area (Å²) in [4.78, 5) is 0. The molecule has 1 heterocycles. The van der Waals surface area contributed by atoms with Crippen molar-refractivity contribution in [1.29, 1.82) is 0 Å². The molecule has 29 heavy (non-hydrogen) atoms. The van der Waals surface area contributed by atoms with Crippen molar-refractivity contribution >= 4 is 0 Å². The highest BCUT2D eigenvalue weighted by Crippen LogP contribution is 2.45. The first kappa shape index (κ1) is 21.2. The molecule has 1 N–H and O–H groups in total. The van der Waals surface area contributed by atoms with E-state index in [0.717, 1.165) is 22.9 Å². The topological polar surface area (TPSA) is 38.0 Å². The number of rotatable bonds is 5. The lowest BCUT2D eigenvalue weighted by molar-refractivity contribution is -0.0271. The second-order valence-electron chi connectivity index (χ2n) is 8.97. The van der Waals surface area contributed by atoms with Crippen LogP contribution in [0.5, 0.6) is 0 Å². The van der Waals surface area contributed by atoms with Crippen molar-refractivity contribution in [3.63, 3.8) is 0 Å². The molecule has 3 rings (SSSR count). The lowest BCUT2D eigenvalue weighted by Crippen LogP contribution is -2.37. The smallest absolute Gasteiger partial charge is 0.132 e. The quantitative estimate of drug-likeness (QED) is 0.590. The van der Waals surface area contributed by atoms with Gasteiger partial charge in [0, 0.05) is 30.8 Å². The van der Waals surface area contributed by atoms with Crippen LogP contribution in [-0.2, 0) is 12.6 Å². The van der Waals surface area contributed by atoms with Gasteiger partial charge in [-0.3, -0.25) is 4.68 Å². The molecule has 0 aliphatic heterocycles. The molecule has 0 aliphatic rings. The van der Waals surface area contributed by atoms with E-state index in [9.17, 15) is 13.9 Å². The standard InChI is InChI=1S/C24H28F2N2O/c1-16(17-6-8-18(9-7-17)22-12-13-27-28(22)5)24(29,15-23(2,3)4)20-11-10-19(25)14-21(20)26/h6-14,16,29H,15H2,1-5H3/t16-,24+/m0/s1. The Hall–Kier alpha value is -2.53. The molecule has 0 spiro atoms. The highest BCUT2D eigenvalue weighted by molar-refractivity contribution is 5.59. The summed E-state index contributed by atoms with van der Waals surface area (Å²) in [5, 5.41) is 15.9. The first-order valence-electron chi connectivity index (χ1n) is 9.77. The van der Waals surface area contributed by atoms with E-state index >= 15 is 0 Å². The molecule has 2 aromatic carbocycles. The van der Waals surface area contributed by atoms with Crippen LogP contribution in [-0.4, -0.2) is 14.9 Å². The molecule has 0 unspecified atom stereocenters. The van der Waals surface area contributed by atoms with Gasteiger partial charge in [-0.1, -0.05) is 58.0 Å². The SMILES string of the molecule is C[C@@H](c1ccc(-c2ccnn2C)cc1)[C@](O)(CC(C)(C)C)c1ccc(F)cc1F. The molecule has 0 aliphatic carbocycles. The molecule has 0 amide bonds. The summed E-state index contributed by atoms with van der Waals surface area (Å²) in [6.07, 6.45) is 2.07. The Morgan fingerprint density at radius 3 is 2.21 bits per heavy atom. The zero-order chi connectivity index (χ0) is 21.4. The number of aryl methyl sites for hydroxylation is 1. The normalized spacial score (nSPS) is 15.2. The van der Waals surface area contributed by atoms with Crippen LogP contribution in [0.1, 0.15) is 51.2 Å². The van der Waals surface area contributed by atoms with Crippen molar-refractivity contribution in [2.75, 3.05) is 0 Å². The van der Waals surface area contributed by atoms with E-state index in [4.69, 9.17) is 0 Å². The molecular weight excluding hydrogens is 370 g/mol. The summed E-state index contributed by atoms with van der Waals surface area (Å²) in [7, 11) is 1.88. The maximum Gasteiger partial charge on any atom is 0.132 e. The fourth-order valence-electron chi connectivity index (χ4n) is 4.01. The van der Waals surface area contributed by atoms with Crippen molar-refractivity contribution in [1.82, 2.24) is 9.78 Å². The number of aromatic nitrogens is 2. The Morgan fingerprint density at radius 2 is 1.69 bits per heavy atom. The van der Waals surface area contributed by atoms with Crippen LogP contribution in [0.2, 0.25) is 0 Å². The van der Waals surface area contributed by atoms with E-state index < -0.39 is 23.2 Å².